The summed E-state index contributed by atoms with van der Waals surface area (Å²) in [5.74, 6) is 0.825. The highest BCUT2D eigenvalue weighted by atomic mass is 35.5. The van der Waals surface area contributed by atoms with Gasteiger partial charge in [0.15, 0.2) is 0 Å². The van der Waals surface area contributed by atoms with Crippen LogP contribution in [-0.2, 0) is 0 Å². The second kappa shape index (κ2) is 3.05. The minimum absolute atomic E-state index is 0. The van der Waals surface area contributed by atoms with Crippen LogP contribution in [0, 0.1) is 5.92 Å². The van der Waals surface area contributed by atoms with E-state index >= 15 is 0 Å². The zero-order valence-electron chi connectivity index (χ0n) is 5.85. The van der Waals surface area contributed by atoms with Crippen molar-refractivity contribution in [1.29, 1.82) is 0 Å². The van der Waals surface area contributed by atoms with Crippen LogP contribution in [0.25, 0.3) is 0 Å². The van der Waals surface area contributed by atoms with Gasteiger partial charge in [-0.2, -0.15) is 0 Å². The second-order valence-corrected chi connectivity index (χ2v) is 3.19. The molecule has 1 N–H and O–H groups in total. The van der Waals surface area contributed by atoms with E-state index in [2.05, 4.69) is 5.32 Å². The molecule has 1 aliphatic heterocycles. The molecular weight excluding hydrogens is 153 g/mol. The van der Waals surface area contributed by atoms with E-state index in [0.717, 1.165) is 12.3 Å². The third-order valence-corrected chi connectivity index (χ3v) is 2.30. The van der Waals surface area contributed by atoms with Crippen molar-refractivity contribution in [3.63, 3.8) is 0 Å². The highest BCUT2D eigenvalue weighted by Gasteiger charge is 2.36. The fraction of sp³-hybridized carbons (Fsp3) is 1.00. The number of nitrogens with one attached hydrogen (secondary N) is 1. The molecule has 10 heavy (non-hydrogen) atoms. The average molecular weight is 166 g/mol. The van der Waals surface area contributed by atoms with Crippen molar-refractivity contribution < 1.29 is 4.39 Å². The zero-order chi connectivity index (χ0) is 6.27. The molecule has 2 unspecified atom stereocenters. The fourth-order valence-electron chi connectivity index (χ4n) is 1.58. The Morgan fingerprint density at radius 2 is 2.00 bits per heavy atom. The smallest absolute Gasteiger partial charge is 0.114 e. The maximum absolute atomic E-state index is 12.5. The molecule has 1 saturated carbocycles. The van der Waals surface area contributed by atoms with Gasteiger partial charge in [-0.1, -0.05) is 0 Å². The van der Waals surface area contributed by atoms with Gasteiger partial charge < -0.3 is 5.32 Å². The molecule has 0 spiro atoms. The first-order valence-electron chi connectivity index (χ1n) is 3.74. The van der Waals surface area contributed by atoms with Gasteiger partial charge in [0.05, 0.1) is 0 Å². The molecule has 0 aromatic rings. The molecule has 0 radical (unpaired) electrons. The molecule has 1 nitrogen and oxygen atoms in total. The highest BCUT2D eigenvalue weighted by molar-refractivity contribution is 5.85. The number of rotatable bonds is 1. The van der Waals surface area contributed by atoms with Crippen molar-refractivity contribution >= 4 is 12.4 Å². The van der Waals surface area contributed by atoms with Crippen molar-refractivity contribution in [2.45, 2.75) is 31.5 Å². The van der Waals surface area contributed by atoms with E-state index in [1.807, 2.05) is 0 Å². The van der Waals surface area contributed by atoms with Gasteiger partial charge in [-0.25, -0.2) is 4.39 Å². The summed E-state index contributed by atoms with van der Waals surface area (Å²) in [7, 11) is 0. The minimum Gasteiger partial charge on any atom is -0.311 e. The summed E-state index contributed by atoms with van der Waals surface area (Å²) in [5, 5.41) is 3.19. The largest absolute Gasteiger partial charge is 0.311 e. The molecular formula is C7H13ClFN. The van der Waals surface area contributed by atoms with E-state index in [0.29, 0.717) is 12.6 Å². The molecule has 0 amide bonds. The van der Waals surface area contributed by atoms with Crippen LogP contribution in [0.2, 0.25) is 0 Å². The topological polar surface area (TPSA) is 12.0 Å². The minimum atomic E-state index is -0.560. The maximum Gasteiger partial charge on any atom is 0.114 e. The van der Waals surface area contributed by atoms with Gasteiger partial charge in [0.1, 0.15) is 6.17 Å². The first-order chi connectivity index (χ1) is 4.36. The Morgan fingerprint density at radius 3 is 2.40 bits per heavy atom. The van der Waals surface area contributed by atoms with Gasteiger partial charge in [0, 0.05) is 12.6 Å². The molecule has 2 fully saturated rings. The van der Waals surface area contributed by atoms with Gasteiger partial charge >= 0.3 is 0 Å². The van der Waals surface area contributed by atoms with Crippen LogP contribution in [0.5, 0.6) is 0 Å². The Bertz CT molecular complexity index is 116. The third-order valence-electron chi connectivity index (χ3n) is 2.30. The summed E-state index contributed by atoms with van der Waals surface area (Å²) in [5.41, 5.74) is 0. The molecule has 60 valence electrons. The Labute approximate surface area is 66.8 Å². The average Bonchev–Trinajstić information content (AvgIpc) is 2.58. The van der Waals surface area contributed by atoms with E-state index < -0.39 is 6.17 Å². The van der Waals surface area contributed by atoms with Crippen molar-refractivity contribution in [2.24, 2.45) is 5.92 Å². The summed E-state index contributed by atoms with van der Waals surface area (Å²) in [6.45, 7) is 0.598. The van der Waals surface area contributed by atoms with E-state index in [1.54, 1.807) is 0 Å². The van der Waals surface area contributed by atoms with E-state index in [9.17, 15) is 4.39 Å². The molecule has 1 aliphatic carbocycles. The second-order valence-electron chi connectivity index (χ2n) is 3.19. The van der Waals surface area contributed by atoms with Crippen molar-refractivity contribution in [3.8, 4) is 0 Å². The SMILES string of the molecule is Cl.FC1CNC(C2CC2)C1. The summed E-state index contributed by atoms with van der Waals surface area (Å²) in [6, 6.07) is 0.528. The number of hydrogen-bond donors (Lipinski definition) is 1. The van der Waals surface area contributed by atoms with Crippen LogP contribution in [0.4, 0.5) is 4.39 Å². The first kappa shape index (κ1) is 8.28. The van der Waals surface area contributed by atoms with Crippen LogP contribution in [0.15, 0.2) is 0 Å². The number of halogens is 2. The quantitative estimate of drug-likeness (QED) is 0.621. The Kier molecular flexibility index (Phi) is 2.53. The summed E-state index contributed by atoms with van der Waals surface area (Å²) < 4.78 is 12.5. The van der Waals surface area contributed by atoms with E-state index in [1.165, 1.54) is 12.8 Å². The predicted molar refractivity (Wildman–Crippen MR) is 41.3 cm³/mol. The van der Waals surface area contributed by atoms with Gasteiger partial charge in [0.25, 0.3) is 0 Å². The van der Waals surface area contributed by atoms with E-state index in [4.69, 9.17) is 0 Å². The summed E-state index contributed by atoms with van der Waals surface area (Å²) >= 11 is 0. The lowest BCUT2D eigenvalue weighted by Gasteiger charge is -2.04. The highest BCUT2D eigenvalue weighted by Crippen LogP contribution is 2.36. The van der Waals surface area contributed by atoms with Crippen LogP contribution in [0.3, 0.4) is 0 Å². The molecule has 2 aliphatic rings. The lowest BCUT2D eigenvalue weighted by molar-refractivity contribution is 0.352. The molecule has 2 rings (SSSR count). The van der Waals surface area contributed by atoms with Gasteiger partial charge in [0.2, 0.25) is 0 Å². The molecule has 1 heterocycles. The molecule has 2 atom stereocenters. The monoisotopic (exact) mass is 165 g/mol. The standard InChI is InChI=1S/C7H12FN.ClH/c8-6-3-7(9-4-6)5-1-2-5;/h5-7,9H,1-4H2;1H. The zero-order valence-corrected chi connectivity index (χ0v) is 6.66. The van der Waals surface area contributed by atoms with Crippen LogP contribution < -0.4 is 5.32 Å². The first-order valence-corrected chi connectivity index (χ1v) is 3.74. The molecule has 0 aromatic heterocycles. The lowest BCUT2D eigenvalue weighted by atomic mass is 10.1. The van der Waals surface area contributed by atoms with Crippen LogP contribution >= 0.6 is 12.4 Å². The summed E-state index contributed by atoms with van der Waals surface area (Å²) in [6.07, 6.45) is 2.86. The predicted octanol–water partition coefficient (Wildman–Crippen LogP) is 1.52. The van der Waals surface area contributed by atoms with Crippen LogP contribution in [0.1, 0.15) is 19.3 Å². The van der Waals surface area contributed by atoms with E-state index in [-0.39, 0.29) is 12.4 Å². The van der Waals surface area contributed by atoms with Crippen molar-refractivity contribution in [1.82, 2.24) is 5.32 Å². The number of alkyl halides is 1. The van der Waals surface area contributed by atoms with Crippen molar-refractivity contribution in [3.05, 3.63) is 0 Å². The lowest BCUT2D eigenvalue weighted by Crippen LogP contribution is -2.23. The van der Waals surface area contributed by atoms with Gasteiger partial charge in [-0.15, -0.1) is 12.4 Å². The normalized spacial score (nSPS) is 39.3. The Morgan fingerprint density at radius 1 is 1.30 bits per heavy atom. The molecule has 3 heteroatoms. The molecule has 0 aromatic carbocycles. The number of hydrogen-bond acceptors (Lipinski definition) is 1. The Balaban J connectivity index is 0.000000500. The third kappa shape index (κ3) is 1.61. The Hall–Kier alpha value is 0.180. The summed E-state index contributed by atoms with van der Waals surface area (Å²) in [4.78, 5) is 0. The molecule has 1 saturated heterocycles. The van der Waals surface area contributed by atoms with Gasteiger partial charge in [-0.3, -0.25) is 0 Å². The van der Waals surface area contributed by atoms with Gasteiger partial charge in [-0.05, 0) is 25.2 Å². The van der Waals surface area contributed by atoms with Crippen molar-refractivity contribution in [2.75, 3.05) is 6.54 Å². The van der Waals surface area contributed by atoms with Crippen LogP contribution in [-0.4, -0.2) is 18.8 Å². The fourth-order valence-corrected chi connectivity index (χ4v) is 1.58. The maximum atomic E-state index is 12.5. The molecule has 0 bridgehead atoms.